The fraction of sp³-hybridized carbons (Fsp3) is 0.333. The lowest BCUT2D eigenvalue weighted by atomic mass is 10.2. The lowest BCUT2D eigenvalue weighted by Crippen LogP contribution is -2.46. The van der Waals surface area contributed by atoms with Crippen molar-refractivity contribution in [3.8, 4) is 11.4 Å². The third-order valence-electron chi connectivity index (χ3n) is 4.73. The van der Waals surface area contributed by atoms with E-state index in [4.69, 9.17) is 4.74 Å². The molecule has 0 atom stereocenters. The third kappa shape index (κ3) is 3.33. The largest absolute Gasteiger partial charge is 0.497 e. The van der Waals surface area contributed by atoms with E-state index in [0.717, 1.165) is 5.75 Å². The molecule has 0 bridgehead atoms. The van der Waals surface area contributed by atoms with E-state index >= 15 is 0 Å². The zero-order valence-corrected chi connectivity index (χ0v) is 18.5. The first kappa shape index (κ1) is 18.0. The minimum absolute atomic E-state index is 0.916. The topological polar surface area (TPSA) is 14.2 Å². The number of nitrogens with zero attached hydrogens (tertiary/aromatic N) is 1. The van der Waals surface area contributed by atoms with Crippen molar-refractivity contribution in [1.82, 2.24) is 4.57 Å². The van der Waals surface area contributed by atoms with Gasteiger partial charge in [0, 0.05) is 22.5 Å². The summed E-state index contributed by atoms with van der Waals surface area (Å²) in [7, 11) is -1.24. The number of para-hydroxylation sites is 1. The predicted octanol–water partition coefficient (Wildman–Crippen LogP) is 4.73. The van der Waals surface area contributed by atoms with Crippen molar-refractivity contribution in [2.75, 3.05) is 7.11 Å². The Labute approximate surface area is 153 Å². The highest BCUT2D eigenvalue weighted by molar-refractivity contribution is 6.90. The van der Waals surface area contributed by atoms with Crippen LogP contribution in [0.25, 0.3) is 16.6 Å². The standard InChI is InChI=1S/C21H29NOSi2/c1-23-17-13-12-16-14-21(25(5,6)7)22(19(16)15-17)18-10-8-9-11-20(18)24(2,3)4/h8-15H,1-7H3. The van der Waals surface area contributed by atoms with Crippen LogP contribution in [-0.4, -0.2) is 27.8 Å². The molecule has 4 heteroatoms. The number of benzene rings is 2. The molecule has 0 aliphatic rings. The van der Waals surface area contributed by atoms with Crippen molar-refractivity contribution in [2.24, 2.45) is 0 Å². The molecule has 1 heterocycles. The SMILES string of the molecule is COc1ccc2cc([Si](C)(C)C)n(-c3ccccc3[Si](C)(C)C)c2c1. The molecule has 0 saturated carbocycles. The van der Waals surface area contributed by atoms with E-state index in [0.29, 0.717) is 0 Å². The summed E-state index contributed by atoms with van der Waals surface area (Å²) in [5.41, 5.74) is 2.60. The number of aromatic nitrogens is 1. The van der Waals surface area contributed by atoms with Gasteiger partial charge in [0.2, 0.25) is 0 Å². The maximum atomic E-state index is 5.51. The molecule has 3 rings (SSSR count). The molecule has 0 radical (unpaired) electrons. The molecule has 3 aromatic rings. The van der Waals surface area contributed by atoms with Crippen molar-refractivity contribution >= 4 is 37.6 Å². The maximum Gasteiger partial charge on any atom is 0.120 e. The van der Waals surface area contributed by atoms with E-state index in [1.807, 2.05) is 0 Å². The third-order valence-corrected chi connectivity index (χ3v) is 8.68. The highest BCUT2D eigenvalue weighted by Gasteiger charge is 2.27. The Bertz CT molecular complexity index is 914. The summed E-state index contributed by atoms with van der Waals surface area (Å²) in [6, 6.07) is 17.8. The smallest absolute Gasteiger partial charge is 0.120 e. The molecule has 0 amide bonds. The van der Waals surface area contributed by atoms with E-state index in [1.54, 1.807) is 7.11 Å². The summed E-state index contributed by atoms with van der Waals surface area (Å²) in [4.78, 5) is 0. The van der Waals surface area contributed by atoms with Crippen molar-refractivity contribution < 1.29 is 4.74 Å². The van der Waals surface area contributed by atoms with Gasteiger partial charge in [-0.05, 0) is 29.5 Å². The summed E-state index contributed by atoms with van der Waals surface area (Å²) in [5, 5.41) is 4.28. The highest BCUT2D eigenvalue weighted by Crippen LogP contribution is 2.26. The average Bonchev–Trinajstić information content (AvgIpc) is 2.92. The zero-order valence-electron chi connectivity index (χ0n) is 16.5. The van der Waals surface area contributed by atoms with Crippen molar-refractivity contribution in [2.45, 2.75) is 39.3 Å². The van der Waals surface area contributed by atoms with Gasteiger partial charge in [0.1, 0.15) is 5.75 Å². The molecule has 1 aromatic heterocycles. The second-order valence-electron chi connectivity index (χ2n) is 8.81. The average molecular weight is 368 g/mol. The van der Waals surface area contributed by atoms with Gasteiger partial charge in [0.05, 0.1) is 28.8 Å². The lowest BCUT2D eigenvalue weighted by Gasteiger charge is -2.26. The summed E-state index contributed by atoms with van der Waals surface area (Å²) in [5.74, 6) is 0.916. The van der Waals surface area contributed by atoms with Crippen molar-refractivity contribution in [3.05, 3.63) is 48.5 Å². The molecular weight excluding hydrogens is 338 g/mol. The summed E-state index contributed by atoms with van der Waals surface area (Å²) in [6.45, 7) is 14.5. The molecule has 0 saturated heterocycles. The van der Waals surface area contributed by atoms with E-state index in [1.165, 1.54) is 27.1 Å². The van der Waals surface area contributed by atoms with Gasteiger partial charge in [0.25, 0.3) is 0 Å². The van der Waals surface area contributed by atoms with Gasteiger partial charge in [-0.25, -0.2) is 0 Å². The molecule has 25 heavy (non-hydrogen) atoms. The van der Waals surface area contributed by atoms with Crippen LogP contribution in [0.5, 0.6) is 5.75 Å². The first-order valence-corrected chi connectivity index (χ1v) is 15.9. The van der Waals surface area contributed by atoms with E-state index < -0.39 is 16.1 Å². The minimum Gasteiger partial charge on any atom is -0.497 e. The summed E-state index contributed by atoms with van der Waals surface area (Å²) >= 11 is 0. The highest BCUT2D eigenvalue weighted by atomic mass is 28.3. The molecule has 0 spiro atoms. The van der Waals surface area contributed by atoms with Crippen LogP contribution < -0.4 is 15.2 Å². The molecule has 0 unspecified atom stereocenters. The monoisotopic (exact) mass is 367 g/mol. The van der Waals surface area contributed by atoms with Gasteiger partial charge in [-0.2, -0.15) is 0 Å². The quantitative estimate of drug-likeness (QED) is 0.608. The molecule has 0 fully saturated rings. The minimum atomic E-state index is -1.52. The van der Waals surface area contributed by atoms with Gasteiger partial charge in [-0.1, -0.05) is 57.5 Å². The number of rotatable bonds is 4. The van der Waals surface area contributed by atoms with Crippen LogP contribution in [0.4, 0.5) is 0 Å². The summed E-state index contributed by atoms with van der Waals surface area (Å²) < 4.78 is 8.02. The number of fused-ring (bicyclic) bond motifs is 1. The van der Waals surface area contributed by atoms with E-state index in [9.17, 15) is 0 Å². The molecule has 0 aliphatic heterocycles. The fourth-order valence-electron chi connectivity index (χ4n) is 3.42. The van der Waals surface area contributed by atoms with Gasteiger partial charge in [0.15, 0.2) is 0 Å². The first-order chi connectivity index (χ1) is 11.6. The van der Waals surface area contributed by atoms with Gasteiger partial charge < -0.3 is 9.30 Å². The van der Waals surface area contributed by atoms with Crippen LogP contribution in [-0.2, 0) is 0 Å². The molecule has 2 aromatic carbocycles. The molecule has 0 aliphatic carbocycles. The Balaban J connectivity index is 2.43. The molecular formula is C21H29NOSi2. The van der Waals surface area contributed by atoms with Gasteiger partial charge >= 0.3 is 0 Å². The van der Waals surface area contributed by atoms with Crippen LogP contribution in [0.2, 0.25) is 39.3 Å². The second kappa shape index (κ2) is 6.18. The van der Waals surface area contributed by atoms with Crippen LogP contribution in [0.15, 0.2) is 48.5 Å². The molecule has 0 N–H and O–H groups in total. The molecule has 2 nitrogen and oxygen atoms in total. The number of methoxy groups -OCH3 is 1. The van der Waals surface area contributed by atoms with Crippen molar-refractivity contribution in [3.63, 3.8) is 0 Å². The van der Waals surface area contributed by atoms with Crippen LogP contribution in [0, 0.1) is 0 Å². The normalized spacial score (nSPS) is 12.6. The van der Waals surface area contributed by atoms with E-state index in [2.05, 4.69) is 92.4 Å². The van der Waals surface area contributed by atoms with Crippen LogP contribution >= 0.6 is 0 Å². The molecule has 132 valence electrons. The predicted molar refractivity (Wildman–Crippen MR) is 116 cm³/mol. The number of ether oxygens (including phenoxy) is 1. The Hall–Kier alpha value is -1.79. The first-order valence-electron chi connectivity index (χ1n) is 8.93. The Morgan fingerprint density at radius 3 is 2.08 bits per heavy atom. The lowest BCUT2D eigenvalue weighted by molar-refractivity contribution is 0.415. The van der Waals surface area contributed by atoms with Crippen molar-refractivity contribution in [1.29, 1.82) is 0 Å². The Morgan fingerprint density at radius 1 is 0.800 bits per heavy atom. The zero-order chi connectivity index (χ0) is 18.4. The number of hydrogen-bond donors (Lipinski definition) is 0. The number of hydrogen-bond acceptors (Lipinski definition) is 1. The van der Waals surface area contributed by atoms with Gasteiger partial charge in [-0.3, -0.25) is 0 Å². The van der Waals surface area contributed by atoms with E-state index in [-0.39, 0.29) is 0 Å². The second-order valence-corrected chi connectivity index (χ2v) is 18.9. The Morgan fingerprint density at radius 2 is 1.48 bits per heavy atom. The fourth-order valence-corrected chi connectivity index (χ4v) is 6.48. The Kier molecular flexibility index (Phi) is 4.46. The van der Waals surface area contributed by atoms with Gasteiger partial charge in [-0.15, -0.1) is 0 Å². The maximum absolute atomic E-state index is 5.51. The summed E-state index contributed by atoms with van der Waals surface area (Å²) in [6.07, 6.45) is 0. The van der Waals surface area contributed by atoms with Crippen LogP contribution in [0.1, 0.15) is 0 Å². The van der Waals surface area contributed by atoms with Crippen LogP contribution in [0.3, 0.4) is 0 Å².